The minimum atomic E-state index is -1.12. The van der Waals surface area contributed by atoms with E-state index in [9.17, 15) is 4.79 Å². The first-order valence-electron chi connectivity index (χ1n) is 5.24. The summed E-state index contributed by atoms with van der Waals surface area (Å²) in [4.78, 5) is 15.1. The average Bonchev–Trinajstić information content (AvgIpc) is 2.89. The number of aromatic nitrogens is 5. The Kier molecular flexibility index (Phi) is 3.38. The molecule has 2 aromatic heterocycles. The van der Waals surface area contributed by atoms with Gasteiger partial charge >= 0.3 is 5.97 Å². The van der Waals surface area contributed by atoms with Gasteiger partial charge in [-0.25, -0.2) is 14.5 Å². The Balaban J connectivity index is 2.33. The second-order valence-electron chi connectivity index (χ2n) is 3.73. The molecule has 0 aromatic carbocycles. The van der Waals surface area contributed by atoms with Crippen LogP contribution in [-0.4, -0.2) is 42.7 Å². The normalized spacial score (nSPS) is 10.8. The lowest BCUT2D eigenvalue weighted by molar-refractivity contribution is 0.0684. The van der Waals surface area contributed by atoms with Crippen LogP contribution in [0.3, 0.4) is 0 Å². The largest absolute Gasteiger partial charge is 0.476 e. The highest BCUT2D eigenvalue weighted by Crippen LogP contribution is 2.09. The van der Waals surface area contributed by atoms with Crippen LogP contribution in [-0.2, 0) is 24.9 Å². The molecular weight excluding hydrogens is 238 g/mol. The van der Waals surface area contributed by atoms with Gasteiger partial charge in [-0.2, -0.15) is 0 Å². The highest BCUT2D eigenvalue weighted by molar-refractivity contribution is 5.86. The van der Waals surface area contributed by atoms with Crippen LogP contribution in [0, 0.1) is 0 Å². The van der Waals surface area contributed by atoms with E-state index in [4.69, 9.17) is 9.84 Å². The number of hydrogen-bond donors (Lipinski definition) is 1. The lowest BCUT2D eigenvalue weighted by Crippen LogP contribution is -2.12. The van der Waals surface area contributed by atoms with Gasteiger partial charge in [0.2, 0.25) is 0 Å². The summed E-state index contributed by atoms with van der Waals surface area (Å²) in [7, 11) is 3.34. The third-order valence-corrected chi connectivity index (χ3v) is 2.53. The third-order valence-electron chi connectivity index (χ3n) is 2.53. The van der Waals surface area contributed by atoms with E-state index in [0.717, 1.165) is 5.82 Å². The number of imidazole rings is 1. The van der Waals surface area contributed by atoms with Gasteiger partial charge in [0.05, 0.1) is 12.3 Å². The third kappa shape index (κ3) is 2.23. The maximum Gasteiger partial charge on any atom is 0.358 e. The molecule has 0 atom stereocenters. The van der Waals surface area contributed by atoms with Crippen molar-refractivity contribution in [2.75, 3.05) is 7.11 Å². The second kappa shape index (κ2) is 4.96. The van der Waals surface area contributed by atoms with E-state index in [1.165, 1.54) is 11.8 Å². The Bertz CT molecular complexity index is 560. The summed E-state index contributed by atoms with van der Waals surface area (Å²) in [6.07, 6.45) is 3.47. The Morgan fingerprint density at radius 2 is 2.33 bits per heavy atom. The van der Waals surface area contributed by atoms with Crippen LogP contribution in [0.2, 0.25) is 0 Å². The van der Waals surface area contributed by atoms with E-state index in [1.54, 1.807) is 12.4 Å². The number of methoxy groups -OCH3 is 1. The molecule has 0 aliphatic heterocycles. The maximum atomic E-state index is 11.0. The molecule has 0 spiro atoms. The van der Waals surface area contributed by atoms with Gasteiger partial charge in [0.25, 0.3) is 0 Å². The molecule has 0 aliphatic rings. The smallest absolute Gasteiger partial charge is 0.358 e. The Morgan fingerprint density at radius 3 is 2.89 bits per heavy atom. The van der Waals surface area contributed by atoms with Crippen molar-refractivity contribution in [1.82, 2.24) is 24.5 Å². The van der Waals surface area contributed by atoms with Crippen molar-refractivity contribution in [3.63, 3.8) is 0 Å². The number of nitrogens with zero attached hydrogens (tertiary/aromatic N) is 5. The van der Waals surface area contributed by atoms with E-state index in [0.29, 0.717) is 12.2 Å². The molecule has 96 valence electrons. The summed E-state index contributed by atoms with van der Waals surface area (Å²) in [5.41, 5.74) is 0.332. The van der Waals surface area contributed by atoms with Crippen molar-refractivity contribution in [1.29, 1.82) is 0 Å². The molecule has 0 aliphatic carbocycles. The van der Waals surface area contributed by atoms with E-state index < -0.39 is 5.97 Å². The van der Waals surface area contributed by atoms with Crippen molar-refractivity contribution in [3.05, 3.63) is 29.6 Å². The number of hydrogen-bond acceptors (Lipinski definition) is 5. The lowest BCUT2D eigenvalue weighted by atomic mass is 10.3. The van der Waals surface area contributed by atoms with Crippen LogP contribution in [0.1, 0.15) is 22.0 Å². The standard InChI is InChI=1S/C10H13N5O3/c1-14-4-3-11-8(14)5-15-7(6-18-2)9(10(16)17)12-13-15/h3-4H,5-6H2,1-2H3,(H,16,17). The van der Waals surface area contributed by atoms with E-state index >= 15 is 0 Å². The van der Waals surface area contributed by atoms with Crippen LogP contribution in [0.4, 0.5) is 0 Å². The zero-order chi connectivity index (χ0) is 13.1. The number of ether oxygens (including phenoxy) is 1. The molecule has 0 radical (unpaired) electrons. The number of rotatable bonds is 5. The van der Waals surface area contributed by atoms with E-state index in [2.05, 4.69) is 15.3 Å². The lowest BCUT2D eigenvalue weighted by Gasteiger charge is -2.06. The van der Waals surface area contributed by atoms with Gasteiger partial charge in [-0.15, -0.1) is 5.10 Å². The molecule has 2 aromatic rings. The highest BCUT2D eigenvalue weighted by atomic mass is 16.5. The average molecular weight is 251 g/mol. The van der Waals surface area contributed by atoms with Crippen LogP contribution in [0.15, 0.2) is 12.4 Å². The number of carboxylic acids is 1. The summed E-state index contributed by atoms with van der Waals surface area (Å²) in [6, 6.07) is 0. The van der Waals surface area contributed by atoms with Crippen LogP contribution in [0.25, 0.3) is 0 Å². The van der Waals surface area contributed by atoms with Crippen LogP contribution in [0.5, 0.6) is 0 Å². The summed E-state index contributed by atoms with van der Waals surface area (Å²) in [5, 5.41) is 16.5. The summed E-state index contributed by atoms with van der Waals surface area (Å²) in [5.74, 6) is -0.359. The van der Waals surface area contributed by atoms with Crippen molar-refractivity contribution < 1.29 is 14.6 Å². The zero-order valence-corrected chi connectivity index (χ0v) is 10.1. The topological polar surface area (TPSA) is 95.1 Å². The summed E-state index contributed by atoms with van der Waals surface area (Å²) >= 11 is 0. The molecule has 8 nitrogen and oxygen atoms in total. The quantitative estimate of drug-likeness (QED) is 0.797. The van der Waals surface area contributed by atoms with Gasteiger partial charge in [0, 0.05) is 26.6 Å². The first kappa shape index (κ1) is 12.2. The number of aromatic carboxylic acids is 1. The second-order valence-corrected chi connectivity index (χ2v) is 3.73. The van der Waals surface area contributed by atoms with E-state index in [1.807, 2.05) is 11.6 Å². The predicted molar refractivity (Wildman–Crippen MR) is 60.0 cm³/mol. The first-order chi connectivity index (χ1) is 8.63. The van der Waals surface area contributed by atoms with Gasteiger partial charge in [0.15, 0.2) is 5.69 Å². The number of carbonyl (C=O) groups is 1. The number of aryl methyl sites for hydroxylation is 1. The Hall–Kier alpha value is -2.22. The molecule has 1 N–H and O–H groups in total. The molecule has 2 heterocycles. The fourth-order valence-corrected chi connectivity index (χ4v) is 1.59. The van der Waals surface area contributed by atoms with Crippen LogP contribution < -0.4 is 0 Å². The number of carboxylic acid groups (broad SMARTS) is 1. The molecule has 0 unspecified atom stereocenters. The zero-order valence-electron chi connectivity index (χ0n) is 10.1. The van der Waals surface area contributed by atoms with Gasteiger partial charge in [-0.1, -0.05) is 5.21 Å². The van der Waals surface area contributed by atoms with Crippen LogP contribution >= 0.6 is 0 Å². The van der Waals surface area contributed by atoms with Gasteiger partial charge in [0.1, 0.15) is 12.4 Å². The minimum absolute atomic E-state index is 0.0916. The molecule has 0 bridgehead atoms. The molecule has 0 saturated carbocycles. The minimum Gasteiger partial charge on any atom is -0.476 e. The monoisotopic (exact) mass is 251 g/mol. The van der Waals surface area contributed by atoms with Crippen molar-refractivity contribution >= 4 is 5.97 Å². The molecule has 8 heteroatoms. The summed E-state index contributed by atoms with van der Waals surface area (Å²) in [6.45, 7) is 0.488. The SMILES string of the molecule is COCc1c(C(=O)O)nnn1Cc1nccn1C. The Morgan fingerprint density at radius 1 is 1.56 bits per heavy atom. The van der Waals surface area contributed by atoms with Gasteiger partial charge in [-0.3, -0.25) is 0 Å². The van der Waals surface area contributed by atoms with Crippen molar-refractivity contribution in [3.8, 4) is 0 Å². The first-order valence-corrected chi connectivity index (χ1v) is 5.24. The fourth-order valence-electron chi connectivity index (χ4n) is 1.59. The molecule has 2 rings (SSSR count). The molecule has 0 saturated heterocycles. The van der Waals surface area contributed by atoms with Crippen molar-refractivity contribution in [2.45, 2.75) is 13.2 Å². The highest BCUT2D eigenvalue weighted by Gasteiger charge is 2.19. The van der Waals surface area contributed by atoms with Gasteiger partial charge < -0.3 is 14.4 Å². The molecule has 0 amide bonds. The Labute approximate surface area is 103 Å². The molecular formula is C10H13N5O3. The fraction of sp³-hybridized carbons (Fsp3) is 0.400. The maximum absolute atomic E-state index is 11.0. The van der Waals surface area contributed by atoms with Gasteiger partial charge in [-0.05, 0) is 0 Å². The van der Waals surface area contributed by atoms with E-state index in [-0.39, 0.29) is 12.3 Å². The molecule has 0 fully saturated rings. The molecule has 18 heavy (non-hydrogen) atoms. The summed E-state index contributed by atoms with van der Waals surface area (Å²) < 4.78 is 8.29. The predicted octanol–water partition coefficient (Wildman–Crippen LogP) is -0.0955. The van der Waals surface area contributed by atoms with Crippen molar-refractivity contribution in [2.24, 2.45) is 7.05 Å².